The van der Waals surface area contributed by atoms with Gasteiger partial charge in [-0.15, -0.1) is 0 Å². The topological polar surface area (TPSA) is 26.0 Å². The van der Waals surface area contributed by atoms with E-state index in [0.29, 0.717) is 6.42 Å². The van der Waals surface area contributed by atoms with E-state index in [1.165, 1.54) is 0 Å². The number of nitrogen functional groups attached to an aromatic ring is 1. The van der Waals surface area contributed by atoms with Gasteiger partial charge in [0, 0.05) is 0 Å². The number of anilines is 1. The molecule has 0 atom stereocenters. The lowest BCUT2D eigenvalue weighted by Crippen LogP contribution is -2.00. The molecule has 0 saturated heterocycles. The second-order valence-corrected chi connectivity index (χ2v) is 2.81. The lowest BCUT2D eigenvalue weighted by Gasteiger charge is -2.08. The van der Waals surface area contributed by atoms with Crippen LogP contribution < -0.4 is 5.73 Å². The van der Waals surface area contributed by atoms with Crippen molar-refractivity contribution in [1.82, 2.24) is 0 Å². The van der Waals surface area contributed by atoms with E-state index < -0.39 is 0 Å². The molecule has 1 rings (SSSR count). The molecule has 12 heavy (non-hydrogen) atoms. The number of halogens is 1. The zero-order valence-electron chi connectivity index (χ0n) is 7.52. The average Bonchev–Trinajstić information content (AvgIpc) is 2.09. The van der Waals surface area contributed by atoms with Gasteiger partial charge in [-0.2, -0.15) is 0 Å². The van der Waals surface area contributed by atoms with E-state index in [1.807, 2.05) is 19.9 Å². The van der Waals surface area contributed by atoms with E-state index in [4.69, 9.17) is 5.73 Å². The Morgan fingerprint density at radius 2 is 1.92 bits per heavy atom. The van der Waals surface area contributed by atoms with E-state index in [1.54, 1.807) is 6.07 Å². The summed E-state index contributed by atoms with van der Waals surface area (Å²) in [6.45, 7) is 3.96. The van der Waals surface area contributed by atoms with Crippen molar-refractivity contribution < 1.29 is 4.39 Å². The van der Waals surface area contributed by atoms with Crippen LogP contribution in [0.25, 0.3) is 0 Å². The van der Waals surface area contributed by atoms with Crippen LogP contribution in [-0.4, -0.2) is 0 Å². The number of rotatable bonds is 2. The van der Waals surface area contributed by atoms with Crippen LogP contribution >= 0.6 is 0 Å². The van der Waals surface area contributed by atoms with E-state index in [9.17, 15) is 4.39 Å². The number of benzene rings is 1. The van der Waals surface area contributed by atoms with Gasteiger partial charge in [0.2, 0.25) is 0 Å². The predicted octanol–water partition coefficient (Wildman–Crippen LogP) is 2.53. The summed E-state index contributed by atoms with van der Waals surface area (Å²) in [6, 6.07) is 3.53. The van der Waals surface area contributed by atoms with E-state index in [2.05, 4.69) is 0 Å². The molecule has 0 saturated carbocycles. The highest BCUT2D eigenvalue weighted by Crippen LogP contribution is 2.20. The maximum absolute atomic E-state index is 13.3. The van der Waals surface area contributed by atoms with Crippen LogP contribution in [0.5, 0.6) is 0 Å². The van der Waals surface area contributed by atoms with Crippen molar-refractivity contribution in [3.05, 3.63) is 29.1 Å². The van der Waals surface area contributed by atoms with Gasteiger partial charge in [0.25, 0.3) is 0 Å². The third kappa shape index (κ3) is 1.42. The van der Waals surface area contributed by atoms with Gasteiger partial charge < -0.3 is 5.73 Å². The average molecular weight is 167 g/mol. The minimum absolute atomic E-state index is 0.239. The highest BCUT2D eigenvalue weighted by Gasteiger charge is 2.07. The summed E-state index contributed by atoms with van der Waals surface area (Å²) < 4.78 is 13.3. The Balaban J connectivity index is 3.25. The molecule has 0 heterocycles. The molecule has 2 heteroatoms. The Kier molecular flexibility index (Phi) is 2.69. The molecule has 1 nitrogen and oxygen atoms in total. The molecule has 2 N–H and O–H groups in total. The second kappa shape index (κ2) is 3.57. The van der Waals surface area contributed by atoms with Crippen molar-refractivity contribution in [2.75, 3.05) is 5.73 Å². The lowest BCUT2D eigenvalue weighted by molar-refractivity contribution is 0.613. The fourth-order valence-electron chi connectivity index (χ4n) is 1.39. The molecule has 0 aliphatic rings. The first kappa shape index (κ1) is 9.04. The van der Waals surface area contributed by atoms with Gasteiger partial charge in [0.15, 0.2) is 0 Å². The van der Waals surface area contributed by atoms with Crippen molar-refractivity contribution in [1.29, 1.82) is 0 Å². The second-order valence-electron chi connectivity index (χ2n) is 2.81. The molecular weight excluding hydrogens is 153 g/mol. The first-order chi connectivity index (χ1) is 5.70. The number of aryl methyl sites for hydroxylation is 1. The SMILES string of the molecule is CCc1ccc(N)c(F)c1CC. The molecule has 0 fully saturated rings. The Morgan fingerprint density at radius 3 is 2.42 bits per heavy atom. The highest BCUT2D eigenvalue weighted by molar-refractivity contribution is 5.46. The first-order valence-electron chi connectivity index (χ1n) is 4.26. The summed E-state index contributed by atoms with van der Waals surface area (Å²) in [6.07, 6.45) is 1.57. The van der Waals surface area contributed by atoms with Crippen molar-refractivity contribution in [2.24, 2.45) is 0 Å². The molecule has 1 aromatic carbocycles. The molecule has 0 radical (unpaired) electrons. The normalized spacial score (nSPS) is 10.2. The zero-order valence-corrected chi connectivity index (χ0v) is 7.52. The monoisotopic (exact) mass is 167 g/mol. The van der Waals surface area contributed by atoms with Gasteiger partial charge in [-0.1, -0.05) is 19.9 Å². The van der Waals surface area contributed by atoms with Gasteiger partial charge in [-0.3, -0.25) is 0 Å². The maximum Gasteiger partial charge on any atom is 0.149 e. The first-order valence-corrected chi connectivity index (χ1v) is 4.26. The number of nitrogens with two attached hydrogens (primary N) is 1. The van der Waals surface area contributed by atoms with Crippen LogP contribution in [0.1, 0.15) is 25.0 Å². The molecule has 1 aromatic rings. The van der Waals surface area contributed by atoms with Crippen molar-refractivity contribution in [3.63, 3.8) is 0 Å². The van der Waals surface area contributed by atoms with Gasteiger partial charge in [-0.05, 0) is 30.0 Å². The van der Waals surface area contributed by atoms with E-state index in [-0.39, 0.29) is 11.5 Å². The molecular formula is C10H14FN. The van der Waals surface area contributed by atoms with Crippen LogP contribution in [0.15, 0.2) is 12.1 Å². The summed E-state index contributed by atoms with van der Waals surface area (Å²) in [4.78, 5) is 0. The molecule has 0 unspecified atom stereocenters. The van der Waals surface area contributed by atoms with E-state index in [0.717, 1.165) is 17.5 Å². The minimum Gasteiger partial charge on any atom is -0.396 e. The molecule has 0 spiro atoms. The highest BCUT2D eigenvalue weighted by atomic mass is 19.1. The van der Waals surface area contributed by atoms with Crippen molar-refractivity contribution in [2.45, 2.75) is 26.7 Å². The molecule has 0 aliphatic heterocycles. The third-order valence-electron chi connectivity index (χ3n) is 2.10. The maximum atomic E-state index is 13.3. The number of hydrogen-bond donors (Lipinski definition) is 1. The van der Waals surface area contributed by atoms with Crippen LogP contribution in [0.3, 0.4) is 0 Å². The standard InChI is InChI=1S/C10H14FN/c1-3-7-5-6-9(12)10(11)8(7)4-2/h5-6H,3-4,12H2,1-2H3. The Morgan fingerprint density at radius 1 is 1.25 bits per heavy atom. The van der Waals surface area contributed by atoms with Crippen LogP contribution in [0.2, 0.25) is 0 Å². The van der Waals surface area contributed by atoms with Gasteiger partial charge >= 0.3 is 0 Å². The summed E-state index contributed by atoms with van der Waals surface area (Å²) in [5.41, 5.74) is 7.52. The minimum atomic E-state index is -0.239. The van der Waals surface area contributed by atoms with Crippen LogP contribution in [-0.2, 0) is 12.8 Å². The third-order valence-corrected chi connectivity index (χ3v) is 2.10. The van der Waals surface area contributed by atoms with Crippen molar-refractivity contribution >= 4 is 5.69 Å². The Hall–Kier alpha value is -1.05. The smallest absolute Gasteiger partial charge is 0.149 e. The fourth-order valence-corrected chi connectivity index (χ4v) is 1.39. The lowest BCUT2D eigenvalue weighted by atomic mass is 10.0. The summed E-state index contributed by atoms with van der Waals surface area (Å²) in [7, 11) is 0. The molecule has 66 valence electrons. The summed E-state index contributed by atoms with van der Waals surface area (Å²) >= 11 is 0. The van der Waals surface area contributed by atoms with Gasteiger partial charge in [0.1, 0.15) is 5.82 Å². The Labute approximate surface area is 72.4 Å². The molecule has 0 amide bonds. The van der Waals surface area contributed by atoms with Gasteiger partial charge in [-0.25, -0.2) is 4.39 Å². The predicted molar refractivity (Wildman–Crippen MR) is 49.6 cm³/mol. The molecule has 0 aliphatic carbocycles. The summed E-state index contributed by atoms with van der Waals surface area (Å²) in [5, 5.41) is 0. The Bertz CT molecular complexity index is 281. The quantitative estimate of drug-likeness (QED) is 0.673. The van der Waals surface area contributed by atoms with Crippen LogP contribution in [0, 0.1) is 5.82 Å². The molecule has 0 bridgehead atoms. The van der Waals surface area contributed by atoms with Gasteiger partial charge in [0.05, 0.1) is 5.69 Å². The van der Waals surface area contributed by atoms with Crippen LogP contribution in [0.4, 0.5) is 10.1 Å². The summed E-state index contributed by atoms with van der Waals surface area (Å²) in [5.74, 6) is -0.239. The van der Waals surface area contributed by atoms with E-state index >= 15 is 0 Å². The van der Waals surface area contributed by atoms with Crippen molar-refractivity contribution in [3.8, 4) is 0 Å². The fraction of sp³-hybridized carbons (Fsp3) is 0.400. The molecule has 0 aromatic heterocycles. The largest absolute Gasteiger partial charge is 0.396 e. The zero-order chi connectivity index (χ0) is 9.14. The number of hydrogen-bond acceptors (Lipinski definition) is 1.